The molecule has 5 nitrogen and oxygen atoms in total. The molecular formula is C16H15N3O2S. The Balaban J connectivity index is 1.58. The van der Waals surface area contributed by atoms with Gasteiger partial charge in [-0.15, -0.1) is 11.3 Å². The van der Waals surface area contributed by atoms with E-state index < -0.39 is 0 Å². The van der Waals surface area contributed by atoms with E-state index in [9.17, 15) is 0 Å². The highest BCUT2D eigenvalue weighted by Gasteiger charge is 2.12. The molecule has 6 heteroatoms. The van der Waals surface area contributed by atoms with Crippen molar-refractivity contribution >= 4 is 27.4 Å². The van der Waals surface area contributed by atoms with E-state index in [1.807, 2.05) is 18.2 Å². The van der Waals surface area contributed by atoms with Crippen molar-refractivity contribution in [1.29, 1.82) is 0 Å². The lowest BCUT2D eigenvalue weighted by Gasteiger charge is -2.19. The van der Waals surface area contributed by atoms with Crippen LogP contribution in [0.4, 0.5) is 5.82 Å². The number of aromatic nitrogens is 2. The first-order valence-electron chi connectivity index (χ1n) is 7.12. The van der Waals surface area contributed by atoms with Gasteiger partial charge in [0.05, 0.1) is 5.39 Å². The third-order valence-electron chi connectivity index (χ3n) is 3.62. The van der Waals surface area contributed by atoms with Gasteiger partial charge in [0.25, 0.3) is 0 Å². The van der Waals surface area contributed by atoms with Crippen molar-refractivity contribution in [1.82, 2.24) is 9.97 Å². The van der Waals surface area contributed by atoms with Crippen LogP contribution >= 0.6 is 11.3 Å². The molecule has 1 aliphatic heterocycles. The lowest BCUT2D eigenvalue weighted by Crippen LogP contribution is -2.15. The van der Waals surface area contributed by atoms with Crippen LogP contribution in [0.15, 0.2) is 29.9 Å². The summed E-state index contributed by atoms with van der Waals surface area (Å²) in [5.41, 5.74) is 2.33. The molecule has 0 unspecified atom stereocenters. The van der Waals surface area contributed by atoms with E-state index in [2.05, 4.69) is 27.6 Å². The average molecular weight is 313 g/mol. The first-order chi connectivity index (χ1) is 10.8. The smallest absolute Gasteiger partial charge is 0.161 e. The second kappa shape index (κ2) is 5.46. The van der Waals surface area contributed by atoms with Crippen molar-refractivity contribution in [2.75, 3.05) is 18.5 Å². The van der Waals surface area contributed by atoms with E-state index in [0.717, 1.165) is 33.1 Å². The Morgan fingerprint density at radius 2 is 2.05 bits per heavy atom. The molecule has 0 fully saturated rings. The van der Waals surface area contributed by atoms with E-state index in [4.69, 9.17) is 9.47 Å². The minimum Gasteiger partial charge on any atom is -0.486 e. The highest BCUT2D eigenvalue weighted by Crippen LogP contribution is 2.32. The Hall–Kier alpha value is -2.34. The van der Waals surface area contributed by atoms with Gasteiger partial charge in [-0.2, -0.15) is 0 Å². The number of nitrogens with zero attached hydrogens (tertiary/aromatic N) is 2. The Labute approximate surface area is 131 Å². The highest BCUT2D eigenvalue weighted by molar-refractivity contribution is 7.17. The molecule has 1 aromatic carbocycles. The highest BCUT2D eigenvalue weighted by atomic mass is 32.1. The molecule has 0 aliphatic carbocycles. The topological polar surface area (TPSA) is 56.3 Å². The van der Waals surface area contributed by atoms with Gasteiger partial charge >= 0.3 is 0 Å². The number of hydrogen-bond donors (Lipinski definition) is 1. The molecule has 1 aliphatic rings. The van der Waals surface area contributed by atoms with Crippen LogP contribution in [0.5, 0.6) is 11.5 Å². The summed E-state index contributed by atoms with van der Waals surface area (Å²) in [4.78, 5) is 9.69. The van der Waals surface area contributed by atoms with E-state index in [1.54, 1.807) is 17.7 Å². The molecule has 112 valence electrons. The molecule has 4 rings (SSSR count). The van der Waals surface area contributed by atoms with Gasteiger partial charge in [0.1, 0.15) is 30.2 Å². The van der Waals surface area contributed by atoms with Gasteiger partial charge in [-0.05, 0) is 35.6 Å². The fourth-order valence-corrected chi connectivity index (χ4v) is 3.42. The zero-order chi connectivity index (χ0) is 14.9. The summed E-state index contributed by atoms with van der Waals surface area (Å²) in [6, 6.07) is 6.01. The molecule has 22 heavy (non-hydrogen) atoms. The number of hydrogen-bond acceptors (Lipinski definition) is 6. The number of benzene rings is 1. The first kappa shape index (κ1) is 13.3. The Bertz CT molecular complexity index is 831. The van der Waals surface area contributed by atoms with E-state index in [1.165, 1.54) is 5.56 Å². The number of nitrogens with one attached hydrogen (secondary N) is 1. The zero-order valence-corrected chi connectivity index (χ0v) is 12.9. The third kappa shape index (κ3) is 2.35. The van der Waals surface area contributed by atoms with Crippen molar-refractivity contribution in [2.24, 2.45) is 0 Å². The maximum absolute atomic E-state index is 5.62. The van der Waals surface area contributed by atoms with Crippen molar-refractivity contribution < 1.29 is 9.47 Å². The monoisotopic (exact) mass is 313 g/mol. The average Bonchev–Trinajstić information content (AvgIpc) is 2.95. The molecule has 1 N–H and O–H groups in total. The van der Waals surface area contributed by atoms with E-state index in [0.29, 0.717) is 19.8 Å². The van der Waals surface area contributed by atoms with E-state index in [-0.39, 0.29) is 0 Å². The van der Waals surface area contributed by atoms with E-state index >= 15 is 0 Å². The number of thiophene rings is 1. The third-order valence-corrected chi connectivity index (χ3v) is 4.62. The van der Waals surface area contributed by atoms with Gasteiger partial charge in [-0.3, -0.25) is 0 Å². The maximum atomic E-state index is 5.62. The molecule has 0 bridgehead atoms. The summed E-state index contributed by atoms with van der Waals surface area (Å²) >= 11 is 1.64. The number of ether oxygens (including phenoxy) is 2. The number of aryl methyl sites for hydroxylation is 1. The summed E-state index contributed by atoms with van der Waals surface area (Å²) in [6.45, 7) is 3.97. The van der Waals surface area contributed by atoms with Crippen molar-refractivity contribution in [3.8, 4) is 11.5 Å². The summed E-state index contributed by atoms with van der Waals surface area (Å²) in [5.74, 6) is 2.50. The molecule has 0 amide bonds. The second-order valence-corrected chi connectivity index (χ2v) is 6.01. The lowest BCUT2D eigenvalue weighted by molar-refractivity contribution is 0.171. The molecule has 2 aromatic heterocycles. The van der Waals surface area contributed by atoms with Crippen molar-refractivity contribution in [3.63, 3.8) is 0 Å². The predicted molar refractivity (Wildman–Crippen MR) is 86.9 cm³/mol. The van der Waals surface area contributed by atoms with Crippen LogP contribution in [-0.4, -0.2) is 23.2 Å². The van der Waals surface area contributed by atoms with Gasteiger partial charge in [-0.1, -0.05) is 6.07 Å². The van der Waals surface area contributed by atoms with Crippen LogP contribution in [-0.2, 0) is 6.54 Å². The first-order valence-corrected chi connectivity index (χ1v) is 8.00. The minimum atomic E-state index is 0.602. The van der Waals surface area contributed by atoms with Crippen LogP contribution in [0.1, 0.15) is 11.1 Å². The number of rotatable bonds is 3. The minimum absolute atomic E-state index is 0.602. The van der Waals surface area contributed by atoms with Crippen LogP contribution < -0.4 is 14.8 Å². The molecule has 0 saturated carbocycles. The largest absolute Gasteiger partial charge is 0.486 e. The summed E-state index contributed by atoms with van der Waals surface area (Å²) < 4.78 is 11.2. The number of anilines is 1. The fraction of sp³-hybridized carbons (Fsp3) is 0.250. The standard InChI is InChI=1S/C16H15N3O2S/c1-10-8-22-16-14(10)15(18-9-19-16)17-7-11-2-3-12-13(6-11)21-5-4-20-12/h2-3,6,8-9H,4-5,7H2,1H3,(H,17,18,19). The quantitative estimate of drug-likeness (QED) is 0.803. The lowest BCUT2D eigenvalue weighted by atomic mass is 10.2. The van der Waals surface area contributed by atoms with Crippen LogP contribution in [0.2, 0.25) is 0 Å². The zero-order valence-electron chi connectivity index (χ0n) is 12.1. The number of fused-ring (bicyclic) bond motifs is 2. The van der Waals surface area contributed by atoms with Crippen LogP contribution in [0, 0.1) is 6.92 Å². The van der Waals surface area contributed by atoms with Gasteiger partial charge in [0.15, 0.2) is 11.5 Å². The summed E-state index contributed by atoms with van der Waals surface area (Å²) in [5, 5.41) is 6.60. The van der Waals surface area contributed by atoms with Crippen molar-refractivity contribution in [2.45, 2.75) is 13.5 Å². The van der Waals surface area contributed by atoms with Gasteiger partial charge in [-0.25, -0.2) is 9.97 Å². The molecule has 0 atom stereocenters. The fourth-order valence-electron chi connectivity index (χ4n) is 2.53. The maximum Gasteiger partial charge on any atom is 0.161 e. The normalized spacial score (nSPS) is 13.3. The van der Waals surface area contributed by atoms with Gasteiger partial charge in [0.2, 0.25) is 0 Å². The Morgan fingerprint density at radius 3 is 2.95 bits per heavy atom. The molecular weight excluding hydrogens is 298 g/mol. The molecule has 0 radical (unpaired) electrons. The molecule has 3 aromatic rings. The molecule has 0 saturated heterocycles. The van der Waals surface area contributed by atoms with Crippen LogP contribution in [0.25, 0.3) is 10.2 Å². The van der Waals surface area contributed by atoms with Crippen LogP contribution in [0.3, 0.4) is 0 Å². The van der Waals surface area contributed by atoms with Gasteiger partial charge < -0.3 is 14.8 Å². The summed E-state index contributed by atoms with van der Waals surface area (Å²) in [6.07, 6.45) is 1.60. The SMILES string of the molecule is Cc1csc2ncnc(NCc3ccc4c(c3)OCCO4)c12. The predicted octanol–water partition coefficient (Wildman–Crippen LogP) is 3.38. The van der Waals surface area contributed by atoms with Gasteiger partial charge in [0, 0.05) is 6.54 Å². The summed E-state index contributed by atoms with van der Waals surface area (Å²) in [7, 11) is 0. The Kier molecular flexibility index (Phi) is 3.31. The Morgan fingerprint density at radius 1 is 1.18 bits per heavy atom. The molecule has 0 spiro atoms. The second-order valence-electron chi connectivity index (χ2n) is 5.15. The molecule has 3 heterocycles. The van der Waals surface area contributed by atoms with Crippen molar-refractivity contribution in [3.05, 3.63) is 41.0 Å².